The third kappa shape index (κ3) is 6.10. The van der Waals surface area contributed by atoms with Crippen LogP contribution in [0.25, 0.3) is 5.65 Å². The van der Waals surface area contributed by atoms with Crippen molar-refractivity contribution in [3.8, 4) is 17.4 Å². The molecule has 4 N–H and O–H groups in total. The first-order valence-electron chi connectivity index (χ1n) is 10.8. The number of aliphatic hydroxyl groups is 1. The van der Waals surface area contributed by atoms with Gasteiger partial charge in [-0.25, -0.2) is 13.9 Å². The van der Waals surface area contributed by atoms with Crippen LogP contribution in [0.2, 0.25) is 0 Å². The maximum atomic E-state index is 14.6. The zero-order valence-electron chi connectivity index (χ0n) is 19.4. The molecule has 4 aromatic rings. The molecule has 12 heteroatoms. The quantitative estimate of drug-likeness (QED) is 0.321. The van der Waals surface area contributed by atoms with Crippen molar-refractivity contribution in [2.24, 2.45) is 5.73 Å². The zero-order valence-corrected chi connectivity index (χ0v) is 19.4. The number of carbonyl (C=O) groups excluding carboxylic acids is 2. The minimum Gasteiger partial charge on any atom is -0.490 e. The lowest BCUT2D eigenvalue weighted by Gasteiger charge is -2.17. The lowest BCUT2D eigenvalue weighted by molar-refractivity contribution is -0.115. The number of benzene rings is 1. The van der Waals surface area contributed by atoms with Crippen LogP contribution in [0.4, 0.5) is 10.3 Å². The summed E-state index contributed by atoms with van der Waals surface area (Å²) in [6.07, 6.45) is 2.84. The van der Waals surface area contributed by atoms with Gasteiger partial charge in [0.2, 0.25) is 17.7 Å². The van der Waals surface area contributed by atoms with Crippen molar-refractivity contribution in [2.45, 2.75) is 25.9 Å². The molecule has 11 nitrogen and oxygen atoms in total. The van der Waals surface area contributed by atoms with Crippen molar-refractivity contribution < 1.29 is 28.6 Å². The topological polar surface area (TPSA) is 154 Å². The average molecular weight is 494 g/mol. The Bertz CT molecular complexity index is 1430. The van der Waals surface area contributed by atoms with Gasteiger partial charge >= 0.3 is 0 Å². The van der Waals surface area contributed by atoms with Gasteiger partial charge in [0.25, 0.3) is 5.91 Å². The van der Waals surface area contributed by atoms with Crippen LogP contribution >= 0.6 is 0 Å². The molecule has 0 bridgehead atoms. The van der Waals surface area contributed by atoms with Crippen molar-refractivity contribution in [1.29, 1.82) is 0 Å². The smallest absolute Gasteiger partial charge is 0.254 e. The van der Waals surface area contributed by atoms with E-state index >= 15 is 0 Å². The predicted octanol–water partition coefficient (Wildman–Crippen LogP) is 2.49. The zero-order chi connectivity index (χ0) is 25.9. The molecule has 4 rings (SSSR count). The fourth-order valence-electron chi connectivity index (χ4n) is 3.12. The molecule has 3 aromatic heterocycles. The molecule has 0 fully saturated rings. The number of nitrogens with one attached hydrogen (secondary N) is 1. The van der Waals surface area contributed by atoms with Crippen LogP contribution < -0.4 is 20.5 Å². The molecule has 3 heterocycles. The number of fused-ring (bicyclic) bond motifs is 1. The number of primary amides is 1. The normalized spacial score (nSPS) is 11.3. The van der Waals surface area contributed by atoms with E-state index in [2.05, 4.69) is 20.4 Å². The van der Waals surface area contributed by atoms with E-state index in [4.69, 9.17) is 15.2 Å². The summed E-state index contributed by atoms with van der Waals surface area (Å²) in [6, 6.07) is 10.2. The fraction of sp³-hybridized carbons (Fsp3) is 0.208. The second-order valence-corrected chi connectivity index (χ2v) is 8.51. The predicted molar refractivity (Wildman–Crippen MR) is 126 cm³/mol. The summed E-state index contributed by atoms with van der Waals surface area (Å²) in [5.41, 5.74) is 5.10. The van der Waals surface area contributed by atoms with Gasteiger partial charge < -0.3 is 20.3 Å². The SMILES string of the molecule is CC(C)(O)COc1ccn2nc(NC(=O)Cc3ccc(Oc4ncccc4C(N)=O)c(F)c3)nc2c1. The van der Waals surface area contributed by atoms with Crippen LogP contribution in [-0.2, 0) is 11.2 Å². The summed E-state index contributed by atoms with van der Waals surface area (Å²) in [5.74, 6) is -1.71. The van der Waals surface area contributed by atoms with E-state index in [0.29, 0.717) is 17.0 Å². The average Bonchev–Trinajstić information content (AvgIpc) is 3.20. The van der Waals surface area contributed by atoms with Crippen LogP contribution in [0.15, 0.2) is 54.9 Å². The van der Waals surface area contributed by atoms with Crippen molar-refractivity contribution >= 4 is 23.4 Å². The summed E-state index contributed by atoms with van der Waals surface area (Å²) in [4.78, 5) is 32.1. The summed E-state index contributed by atoms with van der Waals surface area (Å²) >= 11 is 0. The Morgan fingerprint density at radius 1 is 1.22 bits per heavy atom. The van der Waals surface area contributed by atoms with Crippen LogP contribution in [-0.4, -0.2) is 48.7 Å². The molecule has 0 radical (unpaired) electrons. The molecular weight excluding hydrogens is 471 g/mol. The first kappa shape index (κ1) is 24.5. The van der Waals surface area contributed by atoms with Gasteiger partial charge in [0.15, 0.2) is 17.2 Å². The third-order valence-electron chi connectivity index (χ3n) is 4.76. The van der Waals surface area contributed by atoms with Crippen molar-refractivity contribution in [1.82, 2.24) is 19.6 Å². The van der Waals surface area contributed by atoms with E-state index in [0.717, 1.165) is 6.07 Å². The number of nitrogens with zero attached hydrogens (tertiary/aromatic N) is 4. The number of halogens is 1. The Morgan fingerprint density at radius 3 is 2.75 bits per heavy atom. The minimum atomic E-state index is -0.992. The Labute approximate surface area is 204 Å². The van der Waals surface area contributed by atoms with Crippen molar-refractivity contribution in [2.75, 3.05) is 11.9 Å². The number of rotatable bonds is 9. The molecule has 2 amide bonds. The van der Waals surface area contributed by atoms with Gasteiger partial charge in [0.1, 0.15) is 17.9 Å². The lowest BCUT2D eigenvalue weighted by Crippen LogP contribution is -2.27. The first-order valence-corrected chi connectivity index (χ1v) is 10.8. The van der Waals surface area contributed by atoms with E-state index < -0.39 is 23.2 Å². The number of amides is 2. The van der Waals surface area contributed by atoms with Gasteiger partial charge in [0.05, 0.1) is 12.0 Å². The second-order valence-electron chi connectivity index (χ2n) is 8.51. The van der Waals surface area contributed by atoms with E-state index in [9.17, 15) is 19.1 Å². The third-order valence-corrected chi connectivity index (χ3v) is 4.76. The van der Waals surface area contributed by atoms with E-state index in [1.54, 1.807) is 32.2 Å². The number of nitrogens with two attached hydrogens (primary N) is 1. The number of anilines is 1. The molecule has 0 spiro atoms. The highest BCUT2D eigenvalue weighted by atomic mass is 19.1. The number of aromatic nitrogens is 4. The molecule has 0 aliphatic carbocycles. The molecule has 186 valence electrons. The van der Waals surface area contributed by atoms with Crippen LogP contribution in [0, 0.1) is 5.82 Å². The molecule has 0 atom stereocenters. The maximum Gasteiger partial charge on any atom is 0.254 e. The Kier molecular flexibility index (Phi) is 6.79. The highest BCUT2D eigenvalue weighted by molar-refractivity contribution is 5.95. The van der Waals surface area contributed by atoms with Gasteiger partial charge in [-0.3, -0.25) is 14.9 Å². The van der Waals surface area contributed by atoms with Gasteiger partial charge in [-0.2, -0.15) is 4.98 Å². The summed E-state index contributed by atoms with van der Waals surface area (Å²) in [6.45, 7) is 3.35. The molecular formula is C24H23FN6O5. The Morgan fingerprint density at radius 2 is 2.03 bits per heavy atom. The molecule has 0 unspecified atom stereocenters. The van der Waals surface area contributed by atoms with E-state index in [1.165, 1.54) is 35.0 Å². The molecule has 36 heavy (non-hydrogen) atoms. The Hall–Kier alpha value is -4.58. The van der Waals surface area contributed by atoms with E-state index in [-0.39, 0.29) is 36.2 Å². The van der Waals surface area contributed by atoms with Crippen molar-refractivity contribution in [3.63, 3.8) is 0 Å². The van der Waals surface area contributed by atoms with Crippen LogP contribution in [0.1, 0.15) is 29.8 Å². The molecule has 1 aromatic carbocycles. The van der Waals surface area contributed by atoms with Gasteiger partial charge in [-0.05, 0) is 49.7 Å². The molecule has 0 aliphatic heterocycles. The van der Waals surface area contributed by atoms with Crippen LogP contribution in [0.3, 0.4) is 0 Å². The van der Waals surface area contributed by atoms with Crippen molar-refractivity contribution in [3.05, 3.63) is 71.8 Å². The number of hydrogen-bond acceptors (Lipinski definition) is 8. The first-order chi connectivity index (χ1) is 17.1. The number of pyridine rings is 2. The number of ether oxygens (including phenoxy) is 2. The lowest BCUT2D eigenvalue weighted by atomic mass is 10.1. The monoisotopic (exact) mass is 494 g/mol. The number of hydrogen-bond donors (Lipinski definition) is 3. The number of carbonyl (C=O) groups is 2. The van der Waals surface area contributed by atoms with Gasteiger partial charge in [0, 0.05) is 18.5 Å². The highest BCUT2D eigenvalue weighted by Crippen LogP contribution is 2.26. The van der Waals surface area contributed by atoms with Gasteiger partial charge in [-0.1, -0.05) is 6.07 Å². The molecule has 0 aliphatic rings. The summed E-state index contributed by atoms with van der Waals surface area (Å²) in [7, 11) is 0. The van der Waals surface area contributed by atoms with Gasteiger partial charge in [-0.15, -0.1) is 5.10 Å². The molecule has 0 saturated carbocycles. The van der Waals surface area contributed by atoms with E-state index in [1.807, 2.05) is 0 Å². The highest BCUT2D eigenvalue weighted by Gasteiger charge is 2.16. The standard InChI is InChI=1S/C24H23FN6O5/c1-24(2,34)13-35-15-7-9-31-19(12-15)28-23(30-31)29-20(32)11-14-5-6-18(17(25)10-14)36-22-16(21(26)33)4-3-8-27-22/h3-10,12,34H,11,13H2,1-2H3,(H2,26,33)(H,29,30,32). The second kappa shape index (κ2) is 9.96. The van der Waals surface area contributed by atoms with Crippen LogP contribution in [0.5, 0.6) is 17.4 Å². The summed E-state index contributed by atoms with van der Waals surface area (Å²) < 4.78 is 27.0. The maximum absolute atomic E-state index is 14.6. The largest absolute Gasteiger partial charge is 0.490 e. The minimum absolute atomic E-state index is 0.0104. The Balaban J connectivity index is 1.40. The summed E-state index contributed by atoms with van der Waals surface area (Å²) in [5, 5.41) is 16.5. The molecule has 0 saturated heterocycles. The fourth-order valence-corrected chi connectivity index (χ4v) is 3.12.